The van der Waals surface area contributed by atoms with Gasteiger partial charge in [0.15, 0.2) is 6.29 Å². The van der Waals surface area contributed by atoms with Gasteiger partial charge in [-0.2, -0.15) is 0 Å². The van der Waals surface area contributed by atoms with Crippen LogP contribution < -0.4 is 4.90 Å². The van der Waals surface area contributed by atoms with E-state index in [-0.39, 0.29) is 6.29 Å². The molecule has 0 fully saturated rings. The summed E-state index contributed by atoms with van der Waals surface area (Å²) < 4.78 is 0. The Morgan fingerprint density at radius 3 is 2.67 bits per heavy atom. The summed E-state index contributed by atoms with van der Waals surface area (Å²) in [6.45, 7) is 2.04. The molecule has 21 heavy (non-hydrogen) atoms. The average molecular weight is 277 g/mol. The maximum atomic E-state index is 4.78. The lowest BCUT2D eigenvalue weighted by atomic mass is 10.00. The molecular formula is C18H19N3. The van der Waals surface area contributed by atoms with E-state index >= 15 is 0 Å². The third-order valence-electron chi connectivity index (χ3n) is 4.50. The van der Waals surface area contributed by atoms with Crippen molar-refractivity contribution in [2.75, 3.05) is 18.5 Å². The fourth-order valence-corrected chi connectivity index (χ4v) is 3.34. The molecule has 2 aliphatic heterocycles. The Bertz CT molecular complexity index is 692. The number of aliphatic imine (C=N–C) groups is 1. The molecule has 1 atom stereocenters. The van der Waals surface area contributed by atoms with Crippen LogP contribution in [0.2, 0.25) is 0 Å². The number of rotatable bonds is 1. The van der Waals surface area contributed by atoms with Gasteiger partial charge < -0.3 is 4.90 Å². The lowest BCUT2D eigenvalue weighted by Crippen LogP contribution is -2.49. The van der Waals surface area contributed by atoms with Crippen LogP contribution in [0.4, 0.5) is 5.69 Å². The Kier molecular flexibility index (Phi) is 3.00. The van der Waals surface area contributed by atoms with Gasteiger partial charge in [0.25, 0.3) is 0 Å². The molecule has 3 nitrogen and oxygen atoms in total. The second-order valence-corrected chi connectivity index (χ2v) is 5.78. The molecule has 0 aliphatic carbocycles. The van der Waals surface area contributed by atoms with Crippen LogP contribution >= 0.6 is 0 Å². The van der Waals surface area contributed by atoms with Crippen molar-refractivity contribution in [3.05, 3.63) is 65.2 Å². The van der Waals surface area contributed by atoms with Gasteiger partial charge in [-0.25, -0.2) is 0 Å². The smallest absolute Gasteiger partial charge is 0.178 e. The van der Waals surface area contributed by atoms with Crippen LogP contribution in [-0.4, -0.2) is 31.0 Å². The van der Waals surface area contributed by atoms with Crippen molar-refractivity contribution >= 4 is 11.9 Å². The number of hydrogen-bond acceptors (Lipinski definition) is 3. The van der Waals surface area contributed by atoms with E-state index in [1.165, 1.54) is 22.4 Å². The molecule has 1 unspecified atom stereocenters. The van der Waals surface area contributed by atoms with Gasteiger partial charge in [0.1, 0.15) is 0 Å². The van der Waals surface area contributed by atoms with Crippen LogP contribution in [0.1, 0.15) is 16.7 Å². The first-order valence-corrected chi connectivity index (χ1v) is 7.49. The summed E-state index contributed by atoms with van der Waals surface area (Å²) in [6.07, 6.45) is 3.23. The molecular weight excluding hydrogens is 258 g/mol. The maximum absolute atomic E-state index is 4.78. The first kappa shape index (κ1) is 12.6. The molecule has 0 aromatic heterocycles. The Morgan fingerprint density at radius 2 is 1.76 bits per heavy atom. The van der Waals surface area contributed by atoms with Gasteiger partial charge in [0, 0.05) is 37.6 Å². The number of hydrogen-bond donors (Lipinski definition) is 0. The topological polar surface area (TPSA) is 18.8 Å². The van der Waals surface area contributed by atoms with E-state index in [0.717, 1.165) is 19.5 Å². The lowest BCUT2D eigenvalue weighted by Gasteiger charge is -2.40. The number of fused-ring (bicyclic) bond motifs is 2. The zero-order chi connectivity index (χ0) is 14.2. The quantitative estimate of drug-likeness (QED) is 0.798. The fourth-order valence-electron chi connectivity index (χ4n) is 3.34. The largest absolute Gasteiger partial charge is 0.340 e. The van der Waals surface area contributed by atoms with E-state index in [4.69, 9.17) is 4.99 Å². The van der Waals surface area contributed by atoms with Crippen molar-refractivity contribution in [2.45, 2.75) is 19.3 Å². The monoisotopic (exact) mass is 277 g/mol. The van der Waals surface area contributed by atoms with Crippen LogP contribution in [-0.2, 0) is 13.0 Å². The summed E-state index contributed by atoms with van der Waals surface area (Å²) in [5.74, 6) is 0. The summed E-state index contributed by atoms with van der Waals surface area (Å²) in [5, 5.41) is 0. The van der Waals surface area contributed by atoms with Gasteiger partial charge in [-0.15, -0.1) is 0 Å². The fraction of sp³-hybridized carbons (Fsp3) is 0.278. The molecule has 106 valence electrons. The normalized spacial score (nSPS) is 21.0. The molecule has 0 N–H and O–H groups in total. The van der Waals surface area contributed by atoms with Crippen molar-refractivity contribution < 1.29 is 0 Å². The highest BCUT2D eigenvalue weighted by molar-refractivity contribution is 5.89. The Balaban J connectivity index is 1.62. The zero-order valence-corrected chi connectivity index (χ0v) is 12.2. The number of benzene rings is 2. The first-order chi connectivity index (χ1) is 10.3. The minimum absolute atomic E-state index is 0.105. The Morgan fingerprint density at radius 1 is 1.00 bits per heavy atom. The third-order valence-corrected chi connectivity index (χ3v) is 4.50. The molecule has 4 rings (SSSR count). The maximum Gasteiger partial charge on any atom is 0.178 e. The van der Waals surface area contributed by atoms with E-state index in [1.54, 1.807) is 0 Å². The Labute approximate surface area is 125 Å². The second-order valence-electron chi connectivity index (χ2n) is 5.78. The molecule has 2 aliphatic rings. The standard InChI is InChI=1S/C18H19N3/c1-20-17-9-5-4-7-15(17)12-19-18(20)21-11-10-14-6-2-3-8-16(14)13-21/h2-9,12,18H,10-11,13H2,1H3. The third kappa shape index (κ3) is 2.14. The minimum atomic E-state index is 0.105. The highest BCUT2D eigenvalue weighted by Crippen LogP contribution is 2.28. The van der Waals surface area contributed by atoms with Gasteiger partial charge >= 0.3 is 0 Å². The molecule has 0 spiro atoms. The van der Waals surface area contributed by atoms with Crippen molar-refractivity contribution in [3.63, 3.8) is 0 Å². The van der Waals surface area contributed by atoms with Gasteiger partial charge in [0.2, 0.25) is 0 Å². The number of nitrogens with zero attached hydrogens (tertiary/aromatic N) is 3. The van der Waals surface area contributed by atoms with Crippen molar-refractivity contribution in [2.24, 2.45) is 4.99 Å². The zero-order valence-electron chi connectivity index (χ0n) is 12.2. The molecule has 2 aromatic carbocycles. The highest BCUT2D eigenvalue weighted by Gasteiger charge is 2.28. The van der Waals surface area contributed by atoms with E-state index in [0.29, 0.717) is 0 Å². The predicted octanol–water partition coefficient (Wildman–Crippen LogP) is 2.90. The highest BCUT2D eigenvalue weighted by atomic mass is 15.4. The minimum Gasteiger partial charge on any atom is -0.340 e. The van der Waals surface area contributed by atoms with E-state index in [1.807, 2.05) is 6.21 Å². The van der Waals surface area contributed by atoms with Crippen LogP contribution in [0, 0.1) is 0 Å². The number of para-hydroxylation sites is 1. The van der Waals surface area contributed by atoms with Gasteiger partial charge in [-0.1, -0.05) is 42.5 Å². The molecule has 3 heteroatoms. The van der Waals surface area contributed by atoms with Crippen LogP contribution in [0.3, 0.4) is 0 Å². The molecule has 0 saturated carbocycles. The molecule has 2 aromatic rings. The molecule has 0 saturated heterocycles. The molecule has 0 radical (unpaired) electrons. The van der Waals surface area contributed by atoms with Gasteiger partial charge in [-0.3, -0.25) is 9.89 Å². The van der Waals surface area contributed by atoms with Crippen LogP contribution in [0.15, 0.2) is 53.5 Å². The SMILES string of the molecule is CN1c2ccccc2C=NC1N1CCc2ccccc2C1. The van der Waals surface area contributed by atoms with E-state index in [2.05, 4.69) is 65.4 Å². The van der Waals surface area contributed by atoms with Crippen LogP contribution in [0.5, 0.6) is 0 Å². The summed E-state index contributed by atoms with van der Waals surface area (Å²) in [4.78, 5) is 9.51. The van der Waals surface area contributed by atoms with Gasteiger partial charge in [-0.05, 0) is 23.6 Å². The van der Waals surface area contributed by atoms with Gasteiger partial charge in [0.05, 0.1) is 0 Å². The summed E-state index contributed by atoms with van der Waals surface area (Å²) in [6, 6.07) is 17.2. The first-order valence-electron chi connectivity index (χ1n) is 7.49. The van der Waals surface area contributed by atoms with E-state index < -0.39 is 0 Å². The van der Waals surface area contributed by atoms with Crippen molar-refractivity contribution in [1.29, 1.82) is 0 Å². The van der Waals surface area contributed by atoms with E-state index in [9.17, 15) is 0 Å². The molecule has 0 bridgehead atoms. The molecule has 0 amide bonds. The second kappa shape index (κ2) is 5.01. The number of anilines is 1. The Hall–Kier alpha value is -2.13. The van der Waals surface area contributed by atoms with Crippen molar-refractivity contribution in [3.8, 4) is 0 Å². The summed E-state index contributed by atoms with van der Waals surface area (Å²) in [5.41, 5.74) is 5.38. The van der Waals surface area contributed by atoms with Crippen LogP contribution in [0.25, 0.3) is 0 Å². The molecule has 2 heterocycles. The lowest BCUT2D eigenvalue weighted by molar-refractivity contribution is 0.182. The van der Waals surface area contributed by atoms with Crippen molar-refractivity contribution in [1.82, 2.24) is 4.90 Å². The average Bonchev–Trinajstić information content (AvgIpc) is 2.55. The summed E-state index contributed by atoms with van der Waals surface area (Å²) >= 11 is 0. The summed E-state index contributed by atoms with van der Waals surface area (Å²) in [7, 11) is 2.14. The predicted molar refractivity (Wildman–Crippen MR) is 86.8 cm³/mol.